The van der Waals surface area contributed by atoms with E-state index in [0.717, 1.165) is 0 Å². The van der Waals surface area contributed by atoms with E-state index in [1.54, 1.807) is 55.4 Å². The van der Waals surface area contributed by atoms with Gasteiger partial charge in [-0.25, -0.2) is 14.4 Å². The van der Waals surface area contributed by atoms with Crippen molar-refractivity contribution in [1.82, 2.24) is 21.0 Å². The topological polar surface area (TPSA) is 169 Å². The predicted molar refractivity (Wildman–Crippen MR) is 135 cm³/mol. The molecule has 1 fully saturated rings. The molecule has 216 valence electrons. The molecule has 1 saturated heterocycles. The average molecular weight is 543 g/mol. The van der Waals surface area contributed by atoms with Crippen LogP contribution in [0.5, 0.6) is 0 Å². The first-order valence-electron chi connectivity index (χ1n) is 12.7. The summed E-state index contributed by atoms with van der Waals surface area (Å²) in [7, 11) is 0. The van der Waals surface area contributed by atoms with Gasteiger partial charge in [-0.1, -0.05) is 13.8 Å². The van der Waals surface area contributed by atoms with Crippen molar-refractivity contribution in [2.75, 3.05) is 6.54 Å². The summed E-state index contributed by atoms with van der Waals surface area (Å²) in [6.45, 7) is 13.9. The molecule has 0 spiro atoms. The van der Waals surface area contributed by atoms with E-state index in [9.17, 15) is 28.8 Å². The molecule has 3 N–H and O–H groups in total. The normalized spacial score (nSPS) is 15.6. The molecule has 0 aromatic carbocycles. The van der Waals surface area contributed by atoms with E-state index in [1.165, 1.54) is 0 Å². The highest BCUT2D eigenvalue weighted by Crippen LogP contribution is 2.15. The molecule has 1 heterocycles. The first-order chi connectivity index (χ1) is 17.4. The molecule has 1 rings (SSSR count). The summed E-state index contributed by atoms with van der Waals surface area (Å²) in [6.07, 6.45) is -0.654. The van der Waals surface area contributed by atoms with Crippen LogP contribution in [0.4, 0.5) is 9.59 Å². The van der Waals surface area contributed by atoms with E-state index in [4.69, 9.17) is 14.3 Å². The second-order valence-electron chi connectivity index (χ2n) is 11.3. The number of hydroxylamine groups is 2. The van der Waals surface area contributed by atoms with E-state index in [-0.39, 0.29) is 31.7 Å². The minimum Gasteiger partial charge on any atom is -0.444 e. The summed E-state index contributed by atoms with van der Waals surface area (Å²) in [5, 5.41) is 8.07. The lowest BCUT2D eigenvalue weighted by atomic mass is 10.0. The number of unbranched alkanes of at least 4 members (excludes halogenated alkanes) is 1. The third kappa shape index (κ3) is 12.2. The Hall–Kier alpha value is -3.38. The Bertz CT molecular complexity index is 874. The molecule has 0 saturated carbocycles. The van der Waals surface area contributed by atoms with Crippen LogP contribution in [0.15, 0.2) is 0 Å². The molecule has 38 heavy (non-hydrogen) atoms. The van der Waals surface area contributed by atoms with Crippen molar-refractivity contribution in [3.05, 3.63) is 0 Å². The number of carbonyl (C=O) groups excluding carboxylic acids is 6. The zero-order chi connectivity index (χ0) is 29.3. The maximum atomic E-state index is 13.1. The van der Waals surface area contributed by atoms with Crippen LogP contribution >= 0.6 is 0 Å². The number of hydrogen-bond acceptors (Lipinski definition) is 9. The first-order valence-corrected chi connectivity index (χ1v) is 12.7. The minimum absolute atomic E-state index is 0.0747. The first kappa shape index (κ1) is 32.6. The molecule has 1 aliphatic rings. The average Bonchev–Trinajstić information content (AvgIpc) is 3.05. The van der Waals surface area contributed by atoms with Crippen molar-refractivity contribution in [1.29, 1.82) is 0 Å². The van der Waals surface area contributed by atoms with E-state index in [0.29, 0.717) is 17.9 Å². The van der Waals surface area contributed by atoms with Crippen molar-refractivity contribution in [3.8, 4) is 0 Å². The largest absolute Gasteiger partial charge is 0.444 e. The molecule has 0 radical (unpaired) electrons. The molecule has 0 aliphatic carbocycles. The van der Waals surface area contributed by atoms with Crippen LogP contribution in [0.25, 0.3) is 0 Å². The summed E-state index contributed by atoms with van der Waals surface area (Å²) >= 11 is 0. The van der Waals surface area contributed by atoms with Gasteiger partial charge in [0.2, 0.25) is 5.91 Å². The summed E-state index contributed by atoms with van der Waals surface area (Å²) in [4.78, 5) is 78.8. The molecule has 5 amide bonds. The number of hydrogen-bond donors (Lipinski definition) is 3. The second-order valence-corrected chi connectivity index (χ2v) is 11.3. The zero-order valence-corrected chi connectivity index (χ0v) is 23.6. The van der Waals surface area contributed by atoms with Crippen molar-refractivity contribution < 1.29 is 43.1 Å². The van der Waals surface area contributed by atoms with Gasteiger partial charge in [-0.05, 0) is 66.7 Å². The lowest BCUT2D eigenvalue weighted by Crippen LogP contribution is -2.55. The Morgan fingerprint density at radius 1 is 0.842 bits per heavy atom. The molecule has 0 bridgehead atoms. The number of amides is 5. The maximum Gasteiger partial charge on any atom is 0.408 e. The highest BCUT2D eigenvalue weighted by Gasteiger charge is 2.36. The molecule has 0 aromatic rings. The fourth-order valence-electron chi connectivity index (χ4n) is 3.27. The molecular formula is C25H42N4O9. The number of nitrogens with zero attached hydrogens (tertiary/aromatic N) is 1. The molecule has 13 heteroatoms. The summed E-state index contributed by atoms with van der Waals surface area (Å²) < 4.78 is 10.4. The molecule has 0 unspecified atom stereocenters. The van der Waals surface area contributed by atoms with Gasteiger partial charge in [-0.2, -0.15) is 0 Å². The second kappa shape index (κ2) is 14.0. The number of alkyl carbamates (subject to hydrolysis) is 2. The smallest absolute Gasteiger partial charge is 0.408 e. The number of ether oxygens (including phenoxy) is 2. The number of rotatable bonds is 11. The summed E-state index contributed by atoms with van der Waals surface area (Å²) in [5.74, 6) is -3.33. The molecule has 13 nitrogen and oxygen atoms in total. The van der Waals surface area contributed by atoms with Crippen LogP contribution in [0.1, 0.15) is 87.5 Å². The van der Waals surface area contributed by atoms with Crippen molar-refractivity contribution in [2.24, 2.45) is 5.92 Å². The van der Waals surface area contributed by atoms with Gasteiger partial charge in [-0.15, -0.1) is 5.06 Å². The highest BCUT2D eigenvalue weighted by molar-refractivity contribution is 6.02. The molecule has 0 aromatic heterocycles. The maximum absolute atomic E-state index is 13.1. The van der Waals surface area contributed by atoms with Crippen LogP contribution in [0.2, 0.25) is 0 Å². The third-order valence-electron chi connectivity index (χ3n) is 5.00. The van der Waals surface area contributed by atoms with Gasteiger partial charge in [0, 0.05) is 19.4 Å². The van der Waals surface area contributed by atoms with Crippen LogP contribution in [-0.2, 0) is 33.5 Å². The standard InChI is InChI=1S/C25H42N4O9/c1-15(2)19(28-23(35)37-25(6,7)8)20(32)27-16(21(33)38-29-17(30)12-13-18(29)31)11-9-10-14-26-22(34)36-24(3,4)5/h15-16,19H,9-14H2,1-8H3,(H,26,34)(H,27,32)(H,28,35)/t16-,19-/m0/s1. The molecular weight excluding hydrogens is 500 g/mol. The van der Waals surface area contributed by atoms with Gasteiger partial charge in [0.1, 0.15) is 23.3 Å². The lowest BCUT2D eigenvalue weighted by Gasteiger charge is -2.27. The monoisotopic (exact) mass is 542 g/mol. The number of nitrogens with one attached hydrogen (secondary N) is 3. The summed E-state index contributed by atoms with van der Waals surface area (Å²) in [6, 6.07) is -2.27. The van der Waals surface area contributed by atoms with Crippen LogP contribution in [-0.4, -0.2) is 70.8 Å². The quantitative estimate of drug-likeness (QED) is 0.262. The van der Waals surface area contributed by atoms with Crippen molar-refractivity contribution >= 4 is 35.9 Å². The van der Waals surface area contributed by atoms with Crippen LogP contribution < -0.4 is 16.0 Å². The van der Waals surface area contributed by atoms with E-state index < -0.39 is 59.2 Å². The van der Waals surface area contributed by atoms with Crippen molar-refractivity contribution in [3.63, 3.8) is 0 Å². The van der Waals surface area contributed by atoms with Gasteiger partial charge in [0.15, 0.2) is 0 Å². The minimum atomic E-state index is -1.23. The van der Waals surface area contributed by atoms with Gasteiger partial charge in [-0.3, -0.25) is 14.4 Å². The van der Waals surface area contributed by atoms with E-state index in [1.807, 2.05) is 0 Å². The van der Waals surface area contributed by atoms with Gasteiger partial charge in [0.05, 0.1) is 0 Å². The SMILES string of the molecule is CC(C)[C@H](NC(=O)OC(C)(C)C)C(=O)N[C@@H](CCCCNC(=O)OC(C)(C)C)C(=O)ON1C(=O)CCC1=O. The Labute approximate surface area is 223 Å². The molecule has 1 aliphatic heterocycles. The van der Waals surface area contributed by atoms with Gasteiger partial charge in [0.25, 0.3) is 11.8 Å². The lowest BCUT2D eigenvalue weighted by molar-refractivity contribution is -0.199. The highest BCUT2D eigenvalue weighted by atomic mass is 16.7. The zero-order valence-electron chi connectivity index (χ0n) is 23.6. The third-order valence-corrected chi connectivity index (χ3v) is 5.00. The Balaban J connectivity index is 2.85. The molecule has 2 atom stereocenters. The number of carbonyl (C=O) groups is 6. The Kier molecular flexibility index (Phi) is 12.0. The Morgan fingerprint density at radius 3 is 1.87 bits per heavy atom. The van der Waals surface area contributed by atoms with Crippen LogP contribution in [0, 0.1) is 5.92 Å². The number of imide groups is 1. The fraction of sp³-hybridized carbons (Fsp3) is 0.760. The van der Waals surface area contributed by atoms with Gasteiger partial charge < -0.3 is 30.3 Å². The predicted octanol–water partition coefficient (Wildman–Crippen LogP) is 2.32. The fourth-order valence-corrected chi connectivity index (χ4v) is 3.27. The van der Waals surface area contributed by atoms with Gasteiger partial charge >= 0.3 is 18.2 Å². The van der Waals surface area contributed by atoms with Crippen LogP contribution in [0.3, 0.4) is 0 Å². The van der Waals surface area contributed by atoms with Crippen molar-refractivity contribution in [2.45, 2.75) is 111 Å². The van der Waals surface area contributed by atoms with E-state index in [2.05, 4.69) is 16.0 Å². The summed E-state index contributed by atoms with van der Waals surface area (Å²) in [5.41, 5.74) is -1.43. The van der Waals surface area contributed by atoms with E-state index >= 15 is 0 Å². The Morgan fingerprint density at radius 2 is 1.37 bits per heavy atom.